The van der Waals surface area contributed by atoms with Gasteiger partial charge in [0.15, 0.2) is 0 Å². The van der Waals surface area contributed by atoms with Crippen molar-refractivity contribution in [2.45, 2.75) is 39.4 Å². The van der Waals surface area contributed by atoms with E-state index in [-0.39, 0.29) is 18.1 Å². The number of hydrogen-bond donors (Lipinski definition) is 1. The standard InChI is InChI=1S/C11H22N2OS/c1-8(2)10-11(14)13(9(3)12-10)6-5-7-15-4/h8-10,12H,5-7H2,1-4H3. The highest BCUT2D eigenvalue weighted by molar-refractivity contribution is 7.98. The first kappa shape index (κ1) is 12.8. The van der Waals surface area contributed by atoms with Gasteiger partial charge in [-0.2, -0.15) is 11.8 Å². The first-order valence-electron chi connectivity index (χ1n) is 5.63. The van der Waals surface area contributed by atoms with Gasteiger partial charge >= 0.3 is 0 Å². The second-order valence-corrected chi connectivity index (χ2v) is 5.43. The van der Waals surface area contributed by atoms with Crippen molar-refractivity contribution in [3.8, 4) is 0 Å². The summed E-state index contributed by atoms with van der Waals surface area (Å²) in [6, 6.07) is 0.0225. The number of amides is 1. The highest BCUT2D eigenvalue weighted by atomic mass is 32.2. The van der Waals surface area contributed by atoms with Gasteiger partial charge in [0.2, 0.25) is 5.91 Å². The highest BCUT2D eigenvalue weighted by Crippen LogP contribution is 2.17. The van der Waals surface area contributed by atoms with E-state index in [0.29, 0.717) is 5.92 Å². The zero-order chi connectivity index (χ0) is 11.4. The van der Waals surface area contributed by atoms with Gasteiger partial charge in [-0.3, -0.25) is 10.1 Å². The van der Waals surface area contributed by atoms with Crippen molar-refractivity contribution in [1.82, 2.24) is 10.2 Å². The number of nitrogens with zero attached hydrogens (tertiary/aromatic N) is 1. The Balaban J connectivity index is 2.47. The zero-order valence-corrected chi connectivity index (χ0v) is 10.9. The maximum atomic E-state index is 12.0. The maximum Gasteiger partial charge on any atom is 0.241 e. The summed E-state index contributed by atoms with van der Waals surface area (Å²) < 4.78 is 0. The number of carbonyl (C=O) groups is 1. The zero-order valence-electron chi connectivity index (χ0n) is 10.1. The molecule has 88 valence electrons. The molecule has 2 unspecified atom stereocenters. The van der Waals surface area contributed by atoms with Gasteiger partial charge in [-0.15, -0.1) is 0 Å². The Bertz CT molecular complexity index is 221. The van der Waals surface area contributed by atoms with Gasteiger partial charge in [-0.25, -0.2) is 0 Å². The number of thioether (sulfide) groups is 1. The van der Waals surface area contributed by atoms with Gasteiger partial charge in [-0.05, 0) is 31.3 Å². The topological polar surface area (TPSA) is 32.3 Å². The smallest absolute Gasteiger partial charge is 0.241 e. The van der Waals surface area contributed by atoms with E-state index >= 15 is 0 Å². The molecule has 1 rings (SSSR count). The van der Waals surface area contributed by atoms with Crippen molar-refractivity contribution < 1.29 is 4.79 Å². The molecule has 0 saturated carbocycles. The summed E-state index contributed by atoms with van der Waals surface area (Å²) >= 11 is 1.84. The molecule has 0 radical (unpaired) electrons. The minimum Gasteiger partial charge on any atom is -0.326 e. The molecule has 0 spiro atoms. The normalized spacial score (nSPS) is 26.7. The second-order valence-electron chi connectivity index (χ2n) is 4.44. The Morgan fingerprint density at radius 1 is 1.53 bits per heavy atom. The largest absolute Gasteiger partial charge is 0.326 e. The van der Waals surface area contributed by atoms with Gasteiger partial charge in [0.1, 0.15) is 0 Å². The molecule has 1 fully saturated rings. The molecule has 1 aliphatic rings. The lowest BCUT2D eigenvalue weighted by Gasteiger charge is -2.20. The first-order valence-corrected chi connectivity index (χ1v) is 7.02. The third-order valence-electron chi connectivity index (χ3n) is 2.85. The molecule has 1 heterocycles. The lowest BCUT2D eigenvalue weighted by Crippen LogP contribution is -2.35. The van der Waals surface area contributed by atoms with Crippen LogP contribution in [0.3, 0.4) is 0 Å². The van der Waals surface area contributed by atoms with Crippen LogP contribution < -0.4 is 5.32 Å². The fourth-order valence-electron chi connectivity index (χ4n) is 1.95. The van der Waals surface area contributed by atoms with E-state index in [4.69, 9.17) is 0 Å². The molecule has 0 aromatic heterocycles. The molecule has 15 heavy (non-hydrogen) atoms. The molecule has 1 aliphatic heterocycles. The van der Waals surface area contributed by atoms with Crippen LogP contribution in [0, 0.1) is 5.92 Å². The van der Waals surface area contributed by atoms with E-state index in [0.717, 1.165) is 18.7 Å². The highest BCUT2D eigenvalue weighted by Gasteiger charge is 2.37. The molecule has 0 bridgehead atoms. The van der Waals surface area contributed by atoms with Crippen LogP contribution in [-0.4, -0.2) is 41.6 Å². The van der Waals surface area contributed by atoms with Crippen LogP contribution in [0.4, 0.5) is 0 Å². The Labute approximate surface area is 97.0 Å². The van der Waals surface area contributed by atoms with Crippen molar-refractivity contribution >= 4 is 17.7 Å². The summed E-state index contributed by atoms with van der Waals surface area (Å²) in [4.78, 5) is 14.0. The van der Waals surface area contributed by atoms with E-state index in [9.17, 15) is 4.79 Å². The van der Waals surface area contributed by atoms with Crippen molar-refractivity contribution in [3.05, 3.63) is 0 Å². The fourth-order valence-corrected chi connectivity index (χ4v) is 2.37. The summed E-state index contributed by atoms with van der Waals surface area (Å²) in [7, 11) is 0. The lowest BCUT2D eigenvalue weighted by molar-refractivity contribution is -0.130. The molecular formula is C11H22N2OS. The van der Waals surface area contributed by atoms with Crippen LogP contribution in [0.25, 0.3) is 0 Å². The molecule has 1 N–H and O–H groups in total. The van der Waals surface area contributed by atoms with Gasteiger partial charge in [0.25, 0.3) is 0 Å². The summed E-state index contributed by atoms with van der Waals surface area (Å²) in [6.45, 7) is 7.14. The number of rotatable bonds is 5. The third kappa shape index (κ3) is 3.11. The summed E-state index contributed by atoms with van der Waals surface area (Å²) in [5.41, 5.74) is 0. The third-order valence-corrected chi connectivity index (χ3v) is 3.55. The predicted octanol–water partition coefficient (Wildman–Crippen LogP) is 1.54. The number of nitrogens with one attached hydrogen (secondary N) is 1. The molecule has 0 aliphatic carbocycles. The number of hydrogen-bond acceptors (Lipinski definition) is 3. The molecule has 3 nitrogen and oxygen atoms in total. The molecule has 0 aromatic carbocycles. The minimum absolute atomic E-state index is 0.0225. The molecule has 4 heteroatoms. The van der Waals surface area contributed by atoms with E-state index in [1.807, 2.05) is 16.7 Å². The monoisotopic (exact) mass is 230 g/mol. The van der Waals surface area contributed by atoms with Crippen LogP contribution in [0.2, 0.25) is 0 Å². The SMILES string of the molecule is CSCCCN1C(=O)C(C(C)C)NC1C. The van der Waals surface area contributed by atoms with Crippen molar-refractivity contribution in [2.75, 3.05) is 18.6 Å². The molecule has 1 saturated heterocycles. The van der Waals surface area contributed by atoms with E-state index in [1.165, 1.54) is 0 Å². The quantitative estimate of drug-likeness (QED) is 0.727. The van der Waals surface area contributed by atoms with E-state index in [2.05, 4.69) is 32.3 Å². The lowest BCUT2D eigenvalue weighted by atomic mass is 10.1. The van der Waals surface area contributed by atoms with Crippen LogP contribution in [0.1, 0.15) is 27.2 Å². The summed E-state index contributed by atoms with van der Waals surface area (Å²) in [5.74, 6) is 1.78. The second kappa shape index (κ2) is 5.75. The van der Waals surface area contributed by atoms with Gasteiger partial charge in [0, 0.05) is 6.54 Å². The summed E-state index contributed by atoms with van der Waals surface area (Å²) in [5, 5.41) is 3.35. The van der Waals surface area contributed by atoms with Crippen LogP contribution >= 0.6 is 11.8 Å². The average Bonchev–Trinajstić information content (AvgIpc) is 2.45. The van der Waals surface area contributed by atoms with E-state index in [1.54, 1.807) is 0 Å². The average molecular weight is 230 g/mol. The summed E-state index contributed by atoms with van der Waals surface area (Å²) in [6.07, 6.45) is 3.39. The maximum absolute atomic E-state index is 12.0. The Morgan fingerprint density at radius 3 is 2.67 bits per heavy atom. The van der Waals surface area contributed by atoms with Crippen molar-refractivity contribution in [2.24, 2.45) is 5.92 Å². The number of carbonyl (C=O) groups excluding carboxylic acids is 1. The first-order chi connectivity index (χ1) is 7.07. The van der Waals surface area contributed by atoms with Gasteiger partial charge in [0.05, 0.1) is 12.2 Å². The van der Waals surface area contributed by atoms with Gasteiger partial charge in [-0.1, -0.05) is 13.8 Å². The Morgan fingerprint density at radius 2 is 2.20 bits per heavy atom. The minimum atomic E-state index is 0.0225. The Kier molecular flexibility index (Phi) is 4.93. The van der Waals surface area contributed by atoms with Crippen LogP contribution in [0.5, 0.6) is 0 Å². The molecule has 1 amide bonds. The van der Waals surface area contributed by atoms with Gasteiger partial charge < -0.3 is 4.90 Å². The van der Waals surface area contributed by atoms with E-state index < -0.39 is 0 Å². The predicted molar refractivity (Wildman–Crippen MR) is 65.9 cm³/mol. The molecule has 2 atom stereocenters. The van der Waals surface area contributed by atoms with Crippen LogP contribution in [-0.2, 0) is 4.79 Å². The molecular weight excluding hydrogens is 208 g/mol. The Hall–Kier alpha value is -0.220. The van der Waals surface area contributed by atoms with Crippen LogP contribution in [0.15, 0.2) is 0 Å². The van der Waals surface area contributed by atoms with Crippen molar-refractivity contribution in [3.63, 3.8) is 0 Å². The fraction of sp³-hybridized carbons (Fsp3) is 0.909. The van der Waals surface area contributed by atoms with Crippen molar-refractivity contribution in [1.29, 1.82) is 0 Å². The molecule has 0 aromatic rings.